The molecule has 0 radical (unpaired) electrons. The molecule has 2 aromatic carbocycles. The Morgan fingerprint density at radius 1 is 1.04 bits per heavy atom. The van der Waals surface area contributed by atoms with Crippen LogP contribution in [0, 0.1) is 0 Å². The van der Waals surface area contributed by atoms with E-state index in [1.165, 1.54) is 0 Å². The van der Waals surface area contributed by atoms with Crippen molar-refractivity contribution < 1.29 is 19.1 Å². The largest absolute Gasteiger partial charge is 0.497 e. The maximum atomic E-state index is 12.8. The number of nitrogens with zero attached hydrogens (tertiary/aromatic N) is 2. The van der Waals surface area contributed by atoms with E-state index in [2.05, 4.69) is 0 Å². The van der Waals surface area contributed by atoms with Crippen molar-refractivity contribution in [1.82, 2.24) is 9.80 Å². The topological polar surface area (TPSA) is 59.1 Å². The van der Waals surface area contributed by atoms with Gasteiger partial charge >= 0.3 is 0 Å². The molecule has 0 N–H and O–H groups in total. The van der Waals surface area contributed by atoms with E-state index in [-0.39, 0.29) is 11.8 Å². The zero-order valence-corrected chi connectivity index (χ0v) is 16.0. The van der Waals surface area contributed by atoms with Crippen LogP contribution < -0.4 is 9.47 Å². The Bertz CT molecular complexity index is 849. The van der Waals surface area contributed by atoms with E-state index < -0.39 is 6.10 Å². The van der Waals surface area contributed by atoms with Crippen molar-refractivity contribution in [1.29, 1.82) is 0 Å². The number of hydrogen-bond donors (Lipinski definition) is 0. The minimum Gasteiger partial charge on any atom is -0.497 e. The van der Waals surface area contributed by atoms with Gasteiger partial charge < -0.3 is 19.3 Å². The summed E-state index contributed by atoms with van der Waals surface area (Å²) in [6, 6.07) is 15.3. The molecule has 6 nitrogen and oxygen atoms in total. The van der Waals surface area contributed by atoms with E-state index >= 15 is 0 Å². The van der Waals surface area contributed by atoms with Crippen molar-refractivity contribution in [2.75, 3.05) is 33.3 Å². The van der Waals surface area contributed by atoms with Gasteiger partial charge in [0.25, 0.3) is 5.91 Å². The van der Waals surface area contributed by atoms with E-state index in [0.29, 0.717) is 39.0 Å². The average molecular weight is 380 g/mol. The molecule has 1 atom stereocenters. The van der Waals surface area contributed by atoms with Gasteiger partial charge in [0.2, 0.25) is 5.91 Å². The molecule has 2 heterocycles. The lowest BCUT2D eigenvalue weighted by Crippen LogP contribution is -2.53. The maximum absolute atomic E-state index is 12.8. The van der Waals surface area contributed by atoms with Crippen LogP contribution in [0.1, 0.15) is 11.1 Å². The standard InChI is InChI=1S/C22H24N2O4/c1-27-18-7-4-5-16(13-18)14-21(25)23-9-11-24(12-10-23)22(26)20-15-17-6-2-3-8-19(17)28-20/h2-8,13,20H,9-12,14-15H2,1H3. The molecule has 0 aromatic heterocycles. The van der Waals surface area contributed by atoms with Crippen LogP contribution in [0.4, 0.5) is 0 Å². The molecule has 2 aliphatic rings. The minimum atomic E-state index is -0.448. The molecule has 0 bridgehead atoms. The predicted octanol–water partition coefficient (Wildman–Crippen LogP) is 1.91. The summed E-state index contributed by atoms with van der Waals surface area (Å²) >= 11 is 0. The first kappa shape index (κ1) is 18.3. The molecular formula is C22H24N2O4. The molecule has 4 rings (SSSR count). The molecule has 1 fully saturated rings. The first-order valence-electron chi connectivity index (χ1n) is 9.58. The van der Waals surface area contributed by atoms with Crippen molar-refractivity contribution in [3.63, 3.8) is 0 Å². The molecule has 146 valence electrons. The summed E-state index contributed by atoms with van der Waals surface area (Å²) in [5.41, 5.74) is 2.01. The van der Waals surface area contributed by atoms with Crippen LogP contribution in [0.5, 0.6) is 11.5 Å². The maximum Gasteiger partial charge on any atom is 0.264 e. The van der Waals surface area contributed by atoms with Crippen molar-refractivity contribution in [3.05, 3.63) is 59.7 Å². The summed E-state index contributed by atoms with van der Waals surface area (Å²) in [6.07, 6.45) is 0.507. The highest BCUT2D eigenvalue weighted by Crippen LogP contribution is 2.29. The Hall–Kier alpha value is -3.02. The monoisotopic (exact) mass is 380 g/mol. The molecule has 28 heavy (non-hydrogen) atoms. The Morgan fingerprint density at radius 2 is 1.79 bits per heavy atom. The Labute approximate surface area is 164 Å². The quantitative estimate of drug-likeness (QED) is 0.813. The molecule has 1 saturated heterocycles. The van der Waals surface area contributed by atoms with E-state index in [1.54, 1.807) is 7.11 Å². The van der Waals surface area contributed by atoms with Crippen molar-refractivity contribution in [2.45, 2.75) is 18.9 Å². The lowest BCUT2D eigenvalue weighted by Gasteiger charge is -2.35. The van der Waals surface area contributed by atoms with Crippen LogP contribution in [-0.2, 0) is 22.4 Å². The number of rotatable bonds is 4. The van der Waals surface area contributed by atoms with Crippen molar-refractivity contribution in [3.8, 4) is 11.5 Å². The lowest BCUT2D eigenvalue weighted by atomic mass is 10.1. The first-order chi connectivity index (χ1) is 13.6. The lowest BCUT2D eigenvalue weighted by molar-refractivity contribution is -0.143. The summed E-state index contributed by atoms with van der Waals surface area (Å²) in [7, 11) is 1.61. The number of benzene rings is 2. The summed E-state index contributed by atoms with van der Waals surface area (Å²) in [4.78, 5) is 29.0. The Balaban J connectivity index is 1.29. The summed E-state index contributed by atoms with van der Waals surface area (Å²) in [6.45, 7) is 2.18. The number of fused-ring (bicyclic) bond motifs is 1. The normalized spacial score (nSPS) is 18.4. The Morgan fingerprint density at radius 3 is 2.54 bits per heavy atom. The first-order valence-corrected chi connectivity index (χ1v) is 9.58. The molecule has 0 aliphatic carbocycles. The molecule has 0 spiro atoms. The second-order valence-electron chi connectivity index (χ2n) is 7.15. The highest BCUT2D eigenvalue weighted by Gasteiger charge is 2.34. The van der Waals surface area contributed by atoms with Gasteiger partial charge in [0, 0.05) is 32.6 Å². The highest BCUT2D eigenvalue weighted by molar-refractivity contribution is 5.83. The predicted molar refractivity (Wildman–Crippen MR) is 104 cm³/mol. The van der Waals surface area contributed by atoms with Crippen molar-refractivity contribution in [2.24, 2.45) is 0 Å². The number of carbonyl (C=O) groups excluding carboxylic acids is 2. The van der Waals surface area contributed by atoms with Crippen LogP contribution in [0.15, 0.2) is 48.5 Å². The summed E-state index contributed by atoms with van der Waals surface area (Å²) < 4.78 is 11.0. The third-order valence-electron chi connectivity index (χ3n) is 5.36. The fraction of sp³-hybridized carbons (Fsp3) is 0.364. The summed E-state index contributed by atoms with van der Waals surface area (Å²) in [5, 5.41) is 0. The second kappa shape index (κ2) is 7.92. The van der Waals surface area contributed by atoms with E-state index in [9.17, 15) is 9.59 Å². The number of piperazine rings is 1. The number of hydrogen-bond acceptors (Lipinski definition) is 4. The van der Waals surface area contributed by atoms with Gasteiger partial charge in [0.1, 0.15) is 11.5 Å². The molecule has 2 aliphatic heterocycles. The van der Waals surface area contributed by atoms with E-state index in [1.807, 2.05) is 58.3 Å². The van der Waals surface area contributed by atoms with Crippen molar-refractivity contribution >= 4 is 11.8 Å². The fourth-order valence-electron chi connectivity index (χ4n) is 3.77. The van der Waals surface area contributed by atoms with Crippen LogP contribution in [0.2, 0.25) is 0 Å². The summed E-state index contributed by atoms with van der Waals surface area (Å²) in [5.74, 6) is 1.63. The number of amides is 2. The van der Waals surface area contributed by atoms with Gasteiger partial charge in [0.15, 0.2) is 6.10 Å². The van der Waals surface area contributed by atoms with Gasteiger partial charge in [-0.05, 0) is 29.3 Å². The van der Waals surface area contributed by atoms with Gasteiger partial charge in [-0.25, -0.2) is 0 Å². The average Bonchev–Trinajstić information content (AvgIpc) is 3.17. The van der Waals surface area contributed by atoms with E-state index in [0.717, 1.165) is 22.6 Å². The third-order valence-corrected chi connectivity index (χ3v) is 5.36. The Kier molecular flexibility index (Phi) is 5.19. The van der Waals surface area contributed by atoms with Gasteiger partial charge in [-0.15, -0.1) is 0 Å². The second-order valence-corrected chi connectivity index (χ2v) is 7.15. The van der Waals surface area contributed by atoms with Gasteiger partial charge in [-0.1, -0.05) is 30.3 Å². The molecule has 0 saturated carbocycles. The van der Waals surface area contributed by atoms with Crippen LogP contribution >= 0.6 is 0 Å². The number of para-hydroxylation sites is 1. The third kappa shape index (κ3) is 3.81. The van der Waals surface area contributed by atoms with Crippen LogP contribution in [-0.4, -0.2) is 61.0 Å². The zero-order valence-electron chi connectivity index (χ0n) is 16.0. The SMILES string of the molecule is COc1cccc(CC(=O)N2CCN(C(=O)C3Cc4ccccc4O3)CC2)c1. The highest BCUT2D eigenvalue weighted by atomic mass is 16.5. The zero-order chi connectivity index (χ0) is 19.5. The molecule has 2 aromatic rings. The molecule has 6 heteroatoms. The molecule has 1 unspecified atom stereocenters. The van der Waals surface area contributed by atoms with E-state index in [4.69, 9.17) is 9.47 Å². The van der Waals surface area contributed by atoms with Gasteiger partial charge in [-0.3, -0.25) is 9.59 Å². The minimum absolute atomic E-state index is 0.0103. The number of carbonyl (C=O) groups is 2. The number of methoxy groups -OCH3 is 1. The smallest absolute Gasteiger partial charge is 0.264 e. The fourth-order valence-corrected chi connectivity index (χ4v) is 3.77. The molecule has 2 amide bonds. The molecular weight excluding hydrogens is 356 g/mol. The number of ether oxygens (including phenoxy) is 2. The van der Waals surface area contributed by atoms with Gasteiger partial charge in [0.05, 0.1) is 13.5 Å². The van der Waals surface area contributed by atoms with Crippen LogP contribution in [0.3, 0.4) is 0 Å². The van der Waals surface area contributed by atoms with Crippen LogP contribution in [0.25, 0.3) is 0 Å². The van der Waals surface area contributed by atoms with Gasteiger partial charge in [-0.2, -0.15) is 0 Å².